The molecule has 0 bridgehead atoms. The van der Waals surface area contributed by atoms with E-state index in [1.165, 1.54) is 24.9 Å². The van der Waals surface area contributed by atoms with Crippen molar-refractivity contribution in [3.8, 4) is 11.3 Å². The lowest BCUT2D eigenvalue weighted by molar-refractivity contribution is -0.239. The third-order valence-electron chi connectivity index (χ3n) is 6.31. The van der Waals surface area contributed by atoms with Crippen LogP contribution >= 0.6 is 11.6 Å². The highest BCUT2D eigenvalue weighted by atomic mass is 35.5. The first-order valence-electron chi connectivity index (χ1n) is 11.5. The van der Waals surface area contributed by atoms with Gasteiger partial charge in [-0.1, -0.05) is 28.9 Å². The van der Waals surface area contributed by atoms with Gasteiger partial charge in [0, 0.05) is 17.7 Å². The fraction of sp³-hybridized carbons (Fsp3) is 0.400. The van der Waals surface area contributed by atoms with E-state index in [0.29, 0.717) is 5.02 Å². The van der Waals surface area contributed by atoms with E-state index < -0.39 is 66.4 Å². The molecular weight excluding hydrogens is 531 g/mol. The average molecular weight is 556 g/mol. The van der Waals surface area contributed by atoms with Crippen LogP contribution in [-0.4, -0.2) is 75.2 Å². The SMILES string of the molecule is COC1[C@H]([C@H](OCc2ccc(Cl)cc2)C(C)=O)OC(CO)[C@H](O)[C@@H]1n1cc(-c2cc(F)c(F)c(F)c2)nn1. The highest BCUT2D eigenvalue weighted by Gasteiger charge is 2.51. The van der Waals surface area contributed by atoms with Crippen LogP contribution in [0.2, 0.25) is 5.02 Å². The molecule has 3 aromatic rings. The van der Waals surface area contributed by atoms with Gasteiger partial charge in [0.2, 0.25) is 0 Å². The van der Waals surface area contributed by atoms with Gasteiger partial charge >= 0.3 is 0 Å². The van der Waals surface area contributed by atoms with Crippen LogP contribution in [0.15, 0.2) is 42.6 Å². The molecule has 0 saturated carbocycles. The topological polar surface area (TPSA) is 116 Å². The first-order valence-corrected chi connectivity index (χ1v) is 11.9. The minimum absolute atomic E-state index is 0.0180. The number of nitrogens with zero attached hydrogens (tertiary/aromatic N) is 3. The fourth-order valence-corrected chi connectivity index (χ4v) is 4.54. The van der Waals surface area contributed by atoms with Gasteiger partial charge in [-0.3, -0.25) is 4.79 Å². The molecule has 9 nitrogen and oxygen atoms in total. The van der Waals surface area contributed by atoms with Crippen LogP contribution in [0.1, 0.15) is 18.5 Å². The van der Waals surface area contributed by atoms with Gasteiger partial charge in [0.25, 0.3) is 0 Å². The maximum atomic E-state index is 13.8. The minimum Gasteiger partial charge on any atom is -0.394 e. The molecule has 38 heavy (non-hydrogen) atoms. The number of aliphatic hydroxyl groups is 2. The number of halogens is 4. The number of aliphatic hydroxyl groups excluding tert-OH is 2. The van der Waals surface area contributed by atoms with Crippen molar-refractivity contribution in [1.29, 1.82) is 0 Å². The van der Waals surface area contributed by atoms with E-state index in [-0.39, 0.29) is 17.9 Å². The highest BCUT2D eigenvalue weighted by molar-refractivity contribution is 6.30. The van der Waals surface area contributed by atoms with Gasteiger partial charge in [-0.05, 0) is 36.8 Å². The molecule has 2 heterocycles. The first kappa shape index (κ1) is 28.1. The molecule has 1 aromatic heterocycles. The number of rotatable bonds is 9. The predicted octanol–water partition coefficient (Wildman–Crippen LogP) is 2.87. The Kier molecular flexibility index (Phi) is 8.81. The number of ether oxygens (including phenoxy) is 3. The van der Waals surface area contributed by atoms with Gasteiger partial charge in [0.05, 0.1) is 19.4 Å². The van der Waals surface area contributed by atoms with E-state index in [1.54, 1.807) is 24.3 Å². The van der Waals surface area contributed by atoms with Crippen LogP contribution < -0.4 is 0 Å². The van der Waals surface area contributed by atoms with Gasteiger partial charge in [-0.25, -0.2) is 17.9 Å². The highest BCUT2D eigenvalue weighted by Crippen LogP contribution is 2.35. The summed E-state index contributed by atoms with van der Waals surface area (Å²) < 4.78 is 59.5. The Morgan fingerprint density at radius 3 is 2.45 bits per heavy atom. The van der Waals surface area contributed by atoms with Gasteiger partial charge in [0.15, 0.2) is 23.2 Å². The molecule has 204 valence electrons. The number of aromatic nitrogens is 3. The summed E-state index contributed by atoms with van der Waals surface area (Å²) >= 11 is 5.92. The Hall–Kier alpha value is -2.87. The second-order valence-corrected chi connectivity index (χ2v) is 9.25. The molecule has 1 aliphatic rings. The molecular formula is C25H25ClF3N3O6. The summed E-state index contributed by atoms with van der Waals surface area (Å²) in [5.41, 5.74) is 0.627. The standard InChI is InChI=1S/C25H25ClF3N3O6/c1-12(34)23(37-11-13-3-5-15(26)6-4-13)25-24(36-2)21(22(35)19(10-33)38-25)32-9-18(30-31-32)14-7-16(27)20(29)17(28)8-14/h3-9,19,21-25,33,35H,10-11H2,1-2H3/t19?,21-,22-,23+,24?,25-/m0/s1. The zero-order chi connectivity index (χ0) is 27.6. The molecule has 2 N–H and O–H groups in total. The van der Waals surface area contributed by atoms with Gasteiger partial charge in [-0.2, -0.15) is 0 Å². The summed E-state index contributed by atoms with van der Waals surface area (Å²) in [6.07, 6.45) is -4.57. The summed E-state index contributed by atoms with van der Waals surface area (Å²) in [6.45, 7) is 0.730. The van der Waals surface area contributed by atoms with Gasteiger partial charge < -0.3 is 24.4 Å². The maximum Gasteiger partial charge on any atom is 0.194 e. The Balaban J connectivity index is 1.65. The number of methoxy groups -OCH3 is 1. The summed E-state index contributed by atoms with van der Waals surface area (Å²) in [5.74, 6) is -4.83. The first-order chi connectivity index (χ1) is 18.1. The lowest BCUT2D eigenvalue weighted by Gasteiger charge is -2.45. The van der Waals surface area contributed by atoms with Crippen LogP contribution in [0.4, 0.5) is 13.2 Å². The maximum absolute atomic E-state index is 13.8. The van der Waals surface area contributed by atoms with E-state index in [0.717, 1.165) is 17.7 Å². The largest absolute Gasteiger partial charge is 0.394 e. The van der Waals surface area contributed by atoms with Crippen LogP contribution in [0.5, 0.6) is 0 Å². The average Bonchev–Trinajstić information content (AvgIpc) is 3.38. The smallest absolute Gasteiger partial charge is 0.194 e. The zero-order valence-corrected chi connectivity index (χ0v) is 21.1. The van der Waals surface area contributed by atoms with Crippen molar-refractivity contribution in [1.82, 2.24) is 15.0 Å². The molecule has 0 radical (unpaired) electrons. The quantitative estimate of drug-likeness (QED) is 0.387. The molecule has 2 aromatic carbocycles. The predicted molar refractivity (Wildman–Crippen MR) is 128 cm³/mol. The number of carbonyl (C=O) groups excluding carboxylic acids is 1. The van der Waals surface area contributed by atoms with Crippen LogP contribution in [0, 0.1) is 17.5 Å². The molecule has 13 heteroatoms. The second kappa shape index (κ2) is 11.9. The van der Waals surface area contributed by atoms with Crippen molar-refractivity contribution < 1.29 is 42.4 Å². The van der Waals surface area contributed by atoms with Crippen molar-refractivity contribution in [3.05, 3.63) is 70.6 Å². The van der Waals surface area contributed by atoms with E-state index in [2.05, 4.69) is 10.3 Å². The molecule has 0 spiro atoms. The number of hydrogen-bond donors (Lipinski definition) is 2. The van der Waals surface area contributed by atoms with Gasteiger partial charge in [0.1, 0.15) is 42.3 Å². The fourth-order valence-electron chi connectivity index (χ4n) is 4.41. The van der Waals surface area contributed by atoms with E-state index in [9.17, 15) is 28.2 Å². The Labute approximate surface area is 220 Å². The lowest BCUT2D eigenvalue weighted by Crippen LogP contribution is -2.61. The van der Waals surface area contributed by atoms with Crippen LogP contribution in [-0.2, 0) is 25.6 Å². The summed E-state index contributed by atoms with van der Waals surface area (Å²) in [4.78, 5) is 12.6. The van der Waals surface area contributed by atoms with Crippen LogP contribution in [0.3, 0.4) is 0 Å². The number of ketones is 1. The minimum atomic E-state index is -1.62. The van der Waals surface area contributed by atoms with Crippen molar-refractivity contribution >= 4 is 17.4 Å². The number of benzene rings is 2. The molecule has 4 rings (SSSR count). The number of Topliss-reactive ketones (excluding diaryl/α,β-unsaturated/α-hetero) is 1. The third kappa shape index (κ3) is 5.75. The van der Waals surface area contributed by atoms with Gasteiger partial charge in [-0.15, -0.1) is 5.10 Å². The summed E-state index contributed by atoms with van der Waals surface area (Å²) in [5, 5.41) is 29.3. The molecule has 6 atom stereocenters. The Bertz CT molecular complexity index is 1250. The molecule has 1 saturated heterocycles. The molecule has 2 unspecified atom stereocenters. The second-order valence-electron chi connectivity index (χ2n) is 8.81. The summed E-state index contributed by atoms with van der Waals surface area (Å²) in [6, 6.07) is 7.27. The van der Waals surface area contributed by atoms with Crippen molar-refractivity contribution in [2.75, 3.05) is 13.7 Å². The van der Waals surface area contributed by atoms with E-state index >= 15 is 0 Å². The molecule has 0 amide bonds. The van der Waals surface area contributed by atoms with Crippen molar-refractivity contribution in [3.63, 3.8) is 0 Å². The molecule has 0 aliphatic carbocycles. The zero-order valence-electron chi connectivity index (χ0n) is 20.3. The van der Waals surface area contributed by atoms with Crippen LogP contribution in [0.25, 0.3) is 11.3 Å². The van der Waals surface area contributed by atoms with E-state index in [4.69, 9.17) is 25.8 Å². The Morgan fingerprint density at radius 1 is 1.21 bits per heavy atom. The van der Waals surface area contributed by atoms with Crippen molar-refractivity contribution in [2.24, 2.45) is 0 Å². The Morgan fingerprint density at radius 2 is 1.87 bits per heavy atom. The lowest BCUT2D eigenvalue weighted by atomic mass is 9.89. The third-order valence-corrected chi connectivity index (χ3v) is 6.56. The monoisotopic (exact) mass is 555 g/mol. The normalized spacial score (nSPS) is 24.4. The number of carbonyl (C=O) groups is 1. The molecule has 1 aliphatic heterocycles. The van der Waals surface area contributed by atoms with Crippen molar-refractivity contribution in [2.45, 2.75) is 50.1 Å². The number of hydrogen-bond acceptors (Lipinski definition) is 8. The van der Waals surface area contributed by atoms with E-state index in [1.807, 2.05) is 0 Å². The molecule has 1 fully saturated rings. The summed E-state index contributed by atoms with van der Waals surface area (Å²) in [7, 11) is 1.33.